The number of Topliss-reactive ketones (excluding diaryl/α,β-unsaturated/α-hetero) is 1. The Kier molecular flexibility index (Phi) is 5.82. The van der Waals surface area contributed by atoms with E-state index in [2.05, 4.69) is 0 Å². The van der Waals surface area contributed by atoms with Gasteiger partial charge in [0.25, 0.3) is 0 Å². The second kappa shape index (κ2) is 8.29. The SMILES string of the molecule is O=C(O)c1ccccc1CC(=O)N1CCC(C(=O)c2cc(F)ccc2F)CC1. The molecule has 0 bridgehead atoms. The quantitative estimate of drug-likeness (QED) is 0.799. The molecule has 1 fully saturated rings. The van der Waals surface area contributed by atoms with Gasteiger partial charge in [-0.3, -0.25) is 9.59 Å². The molecule has 1 aliphatic rings. The van der Waals surface area contributed by atoms with Gasteiger partial charge in [0.2, 0.25) is 5.91 Å². The summed E-state index contributed by atoms with van der Waals surface area (Å²) in [7, 11) is 0. The number of halogens is 2. The first-order valence-electron chi connectivity index (χ1n) is 8.95. The number of rotatable bonds is 5. The molecule has 0 unspecified atom stereocenters. The van der Waals surface area contributed by atoms with Crippen LogP contribution in [0.25, 0.3) is 0 Å². The van der Waals surface area contributed by atoms with Crippen molar-refractivity contribution in [1.29, 1.82) is 0 Å². The van der Waals surface area contributed by atoms with Crippen LogP contribution in [-0.2, 0) is 11.2 Å². The van der Waals surface area contributed by atoms with Gasteiger partial charge in [0.1, 0.15) is 11.6 Å². The van der Waals surface area contributed by atoms with Gasteiger partial charge >= 0.3 is 5.97 Å². The lowest BCUT2D eigenvalue weighted by atomic mass is 9.88. The van der Waals surface area contributed by atoms with Crippen molar-refractivity contribution >= 4 is 17.7 Å². The van der Waals surface area contributed by atoms with Crippen LogP contribution in [0.4, 0.5) is 8.78 Å². The average molecular weight is 387 g/mol. The Labute approximate surface area is 160 Å². The van der Waals surface area contributed by atoms with E-state index in [1.54, 1.807) is 23.1 Å². The Hall–Kier alpha value is -3.09. The van der Waals surface area contributed by atoms with E-state index in [0.717, 1.165) is 18.2 Å². The maximum absolute atomic E-state index is 13.8. The summed E-state index contributed by atoms with van der Waals surface area (Å²) >= 11 is 0. The molecule has 0 spiro atoms. The first-order chi connectivity index (χ1) is 13.4. The van der Waals surface area contributed by atoms with Crippen molar-refractivity contribution in [2.45, 2.75) is 19.3 Å². The fourth-order valence-electron chi connectivity index (χ4n) is 3.46. The van der Waals surface area contributed by atoms with Gasteiger partial charge in [-0.15, -0.1) is 0 Å². The zero-order valence-electron chi connectivity index (χ0n) is 15.0. The van der Waals surface area contributed by atoms with Gasteiger partial charge in [-0.05, 0) is 42.7 Å². The number of piperidine rings is 1. The lowest BCUT2D eigenvalue weighted by Gasteiger charge is -2.31. The van der Waals surface area contributed by atoms with Crippen molar-refractivity contribution < 1.29 is 28.3 Å². The highest BCUT2D eigenvalue weighted by Gasteiger charge is 2.29. The molecular weight excluding hydrogens is 368 g/mol. The van der Waals surface area contributed by atoms with Crippen LogP contribution in [0.5, 0.6) is 0 Å². The third-order valence-corrected chi connectivity index (χ3v) is 5.00. The molecule has 0 saturated carbocycles. The van der Waals surface area contributed by atoms with Crippen LogP contribution in [0.2, 0.25) is 0 Å². The minimum absolute atomic E-state index is 0.0421. The molecule has 28 heavy (non-hydrogen) atoms. The first kappa shape index (κ1) is 19.7. The number of likely N-dealkylation sites (tertiary alicyclic amines) is 1. The molecule has 3 rings (SSSR count). The van der Waals surface area contributed by atoms with Crippen molar-refractivity contribution in [2.75, 3.05) is 13.1 Å². The highest BCUT2D eigenvalue weighted by Crippen LogP contribution is 2.24. The number of hydrogen-bond donors (Lipinski definition) is 1. The maximum atomic E-state index is 13.8. The smallest absolute Gasteiger partial charge is 0.335 e. The summed E-state index contributed by atoms with van der Waals surface area (Å²) in [5, 5.41) is 9.22. The van der Waals surface area contributed by atoms with Crippen LogP contribution in [0.1, 0.15) is 39.1 Å². The fraction of sp³-hybridized carbons (Fsp3) is 0.286. The van der Waals surface area contributed by atoms with Gasteiger partial charge in [-0.1, -0.05) is 18.2 Å². The van der Waals surface area contributed by atoms with Crippen molar-refractivity contribution in [3.8, 4) is 0 Å². The number of carbonyl (C=O) groups is 3. The third-order valence-electron chi connectivity index (χ3n) is 5.00. The summed E-state index contributed by atoms with van der Waals surface area (Å²) in [6, 6.07) is 9.11. The molecule has 0 aromatic heterocycles. The summed E-state index contributed by atoms with van der Waals surface area (Å²) in [6.07, 6.45) is 0.655. The van der Waals surface area contributed by atoms with E-state index >= 15 is 0 Å². The van der Waals surface area contributed by atoms with E-state index in [-0.39, 0.29) is 23.5 Å². The molecule has 1 amide bonds. The van der Waals surface area contributed by atoms with Crippen molar-refractivity contribution in [1.82, 2.24) is 4.90 Å². The number of carbonyl (C=O) groups excluding carboxylic acids is 2. The van der Waals surface area contributed by atoms with Crippen molar-refractivity contribution in [2.24, 2.45) is 5.92 Å². The number of amides is 1. The summed E-state index contributed by atoms with van der Waals surface area (Å²) in [6.45, 7) is 0.614. The summed E-state index contributed by atoms with van der Waals surface area (Å²) in [4.78, 5) is 37.8. The van der Waals surface area contributed by atoms with Gasteiger partial charge < -0.3 is 10.0 Å². The predicted molar refractivity (Wildman–Crippen MR) is 97.1 cm³/mol. The Bertz CT molecular complexity index is 920. The Morgan fingerprint density at radius 3 is 2.36 bits per heavy atom. The van der Waals surface area contributed by atoms with Gasteiger partial charge in [0.15, 0.2) is 5.78 Å². The Balaban J connectivity index is 1.62. The zero-order chi connectivity index (χ0) is 20.3. The molecule has 1 aliphatic heterocycles. The Morgan fingerprint density at radius 2 is 1.68 bits per heavy atom. The minimum atomic E-state index is -1.09. The molecule has 146 valence electrons. The zero-order valence-corrected chi connectivity index (χ0v) is 15.0. The van der Waals surface area contributed by atoms with Crippen LogP contribution < -0.4 is 0 Å². The molecule has 0 aliphatic carbocycles. The van der Waals surface area contributed by atoms with Crippen molar-refractivity contribution in [3.63, 3.8) is 0 Å². The minimum Gasteiger partial charge on any atom is -0.478 e. The number of carboxylic acids is 1. The van der Waals surface area contributed by atoms with Crippen molar-refractivity contribution in [3.05, 3.63) is 70.8 Å². The maximum Gasteiger partial charge on any atom is 0.335 e. The number of benzene rings is 2. The Morgan fingerprint density at radius 1 is 1.00 bits per heavy atom. The van der Waals surface area contributed by atoms with Gasteiger partial charge in [0.05, 0.1) is 17.5 Å². The molecule has 7 heteroatoms. The van der Waals surface area contributed by atoms with E-state index in [0.29, 0.717) is 31.5 Å². The van der Waals surface area contributed by atoms with E-state index in [4.69, 9.17) is 0 Å². The van der Waals surface area contributed by atoms with Crippen LogP contribution in [0.3, 0.4) is 0 Å². The highest BCUT2D eigenvalue weighted by molar-refractivity contribution is 5.98. The van der Waals surface area contributed by atoms with Gasteiger partial charge in [-0.2, -0.15) is 0 Å². The number of aromatic carboxylic acids is 1. The number of carboxylic acid groups (broad SMARTS) is 1. The standard InChI is InChI=1S/C21H19F2NO4/c22-15-5-6-18(23)17(12-15)20(26)13-7-9-24(10-8-13)19(25)11-14-3-1-2-4-16(14)21(27)28/h1-6,12-13H,7-11H2,(H,27,28). The first-order valence-corrected chi connectivity index (χ1v) is 8.95. The predicted octanol–water partition coefficient (Wildman–Crippen LogP) is 3.33. The topological polar surface area (TPSA) is 74.7 Å². The summed E-state index contributed by atoms with van der Waals surface area (Å²) in [5.74, 6) is -3.68. The van der Waals surface area contributed by atoms with E-state index < -0.39 is 29.3 Å². The van der Waals surface area contributed by atoms with E-state index in [9.17, 15) is 28.3 Å². The van der Waals surface area contributed by atoms with Crippen LogP contribution in [0.15, 0.2) is 42.5 Å². The molecule has 0 radical (unpaired) electrons. The highest BCUT2D eigenvalue weighted by atomic mass is 19.1. The largest absolute Gasteiger partial charge is 0.478 e. The van der Waals surface area contributed by atoms with Gasteiger partial charge in [-0.25, -0.2) is 13.6 Å². The number of nitrogens with zero attached hydrogens (tertiary/aromatic N) is 1. The lowest BCUT2D eigenvalue weighted by Crippen LogP contribution is -2.41. The second-order valence-electron chi connectivity index (χ2n) is 6.78. The van der Waals surface area contributed by atoms with Crippen LogP contribution >= 0.6 is 0 Å². The summed E-state index contributed by atoms with van der Waals surface area (Å²) < 4.78 is 27.2. The van der Waals surface area contributed by atoms with E-state index in [1.807, 2.05) is 0 Å². The van der Waals surface area contributed by atoms with E-state index in [1.165, 1.54) is 6.07 Å². The molecule has 0 atom stereocenters. The monoisotopic (exact) mass is 387 g/mol. The number of ketones is 1. The average Bonchev–Trinajstić information content (AvgIpc) is 2.69. The molecular formula is C21H19F2NO4. The number of hydrogen-bond acceptors (Lipinski definition) is 3. The second-order valence-corrected chi connectivity index (χ2v) is 6.78. The molecule has 5 nitrogen and oxygen atoms in total. The lowest BCUT2D eigenvalue weighted by molar-refractivity contribution is -0.131. The molecule has 2 aromatic rings. The molecule has 2 aromatic carbocycles. The molecule has 1 N–H and O–H groups in total. The fourth-order valence-corrected chi connectivity index (χ4v) is 3.46. The molecule has 1 saturated heterocycles. The molecule has 1 heterocycles. The van der Waals surface area contributed by atoms with Crippen LogP contribution in [0, 0.1) is 17.6 Å². The third kappa shape index (κ3) is 4.24. The van der Waals surface area contributed by atoms with Gasteiger partial charge in [0, 0.05) is 19.0 Å². The van der Waals surface area contributed by atoms with Crippen LogP contribution in [-0.4, -0.2) is 40.8 Å². The normalized spacial score (nSPS) is 14.7. The summed E-state index contributed by atoms with van der Waals surface area (Å²) in [5.41, 5.74) is 0.252.